The molecule has 0 bridgehead atoms. The average molecular weight is 351 g/mol. The maximum absolute atomic E-state index is 9.53. The molecule has 5 heteroatoms. The van der Waals surface area contributed by atoms with Gasteiger partial charge in [0.25, 0.3) is 0 Å². The second kappa shape index (κ2) is 50.0. The fourth-order valence-corrected chi connectivity index (χ4v) is 0.577. The standard InChI is InChI=1S/4C4H9O.Co/c4*1-2-3-4-5;/h4*2-4H2,1H3;/q4*-1;. The topological polar surface area (TPSA) is 92.2 Å². The Hall–Kier alpha value is 0.346. The summed E-state index contributed by atoms with van der Waals surface area (Å²) in [6, 6.07) is 0. The maximum Gasteiger partial charge on any atom is 0 e. The molecule has 0 spiro atoms. The molecule has 0 unspecified atom stereocenters. The molecular formula is C16H36CoO4-4. The van der Waals surface area contributed by atoms with Gasteiger partial charge in [-0.05, 0) is 0 Å². The van der Waals surface area contributed by atoms with Gasteiger partial charge in [0.05, 0.1) is 0 Å². The predicted octanol–water partition coefficient (Wildman–Crippen LogP) is 0.585. The number of hydrogen-bond donors (Lipinski definition) is 0. The van der Waals surface area contributed by atoms with E-state index in [4.69, 9.17) is 0 Å². The zero-order valence-corrected chi connectivity index (χ0v) is 15.5. The second-order valence-corrected chi connectivity index (χ2v) is 4.23. The summed E-state index contributed by atoms with van der Waals surface area (Å²) in [5.41, 5.74) is 0. The van der Waals surface area contributed by atoms with E-state index in [0.29, 0.717) is 0 Å². The minimum atomic E-state index is 0. The maximum atomic E-state index is 9.53. The Labute approximate surface area is 143 Å². The molecule has 0 aliphatic heterocycles. The van der Waals surface area contributed by atoms with Crippen molar-refractivity contribution >= 4 is 0 Å². The van der Waals surface area contributed by atoms with Crippen molar-refractivity contribution in [3.05, 3.63) is 0 Å². The van der Waals surface area contributed by atoms with Gasteiger partial charge in [-0.25, -0.2) is 0 Å². The fraction of sp³-hybridized carbons (Fsp3) is 1.00. The summed E-state index contributed by atoms with van der Waals surface area (Å²) in [5.74, 6) is 0. The third-order valence-electron chi connectivity index (χ3n) is 1.99. The normalized spacial score (nSPS) is 8.00. The Morgan fingerprint density at radius 1 is 0.429 bits per heavy atom. The molecule has 0 heterocycles. The molecule has 1 radical (unpaired) electrons. The summed E-state index contributed by atoms with van der Waals surface area (Å²) in [5, 5.41) is 38.1. The van der Waals surface area contributed by atoms with Gasteiger partial charge in [0.2, 0.25) is 0 Å². The van der Waals surface area contributed by atoms with Crippen LogP contribution in [0.2, 0.25) is 0 Å². The Morgan fingerprint density at radius 3 is 0.571 bits per heavy atom. The molecule has 137 valence electrons. The van der Waals surface area contributed by atoms with E-state index in [0.717, 1.165) is 51.4 Å². The number of hydrogen-bond acceptors (Lipinski definition) is 4. The molecular weight excluding hydrogens is 315 g/mol. The molecule has 0 rings (SSSR count). The van der Waals surface area contributed by atoms with Gasteiger partial charge in [0, 0.05) is 16.8 Å². The summed E-state index contributed by atoms with van der Waals surface area (Å²) in [4.78, 5) is 0. The van der Waals surface area contributed by atoms with Gasteiger partial charge >= 0.3 is 0 Å². The summed E-state index contributed by atoms with van der Waals surface area (Å²) >= 11 is 0. The molecule has 0 aliphatic rings. The fourth-order valence-electron chi connectivity index (χ4n) is 0.577. The summed E-state index contributed by atoms with van der Waals surface area (Å²) in [7, 11) is 0. The van der Waals surface area contributed by atoms with Gasteiger partial charge in [0.1, 0.15) is 0 Å². The Kier molecular flexibility index (Phi) is 78.7. The van der Waals surface area contributed by atoms with E-state index in [1.54, 1.807) is 0 Å². The zero-order valence-electron chi connectivity index (χ0n) is 14.5. The third kappa shape index (κ3) is 98.3. The molecule has 0 aromatic rings. The second-order valence-electron chi connectivity index (χ2n) is 4.23. The molecule has 0 aliphatic carbocycles. The third-order valence-corrected chi connectivity index (χ3v) is 1.99. The zero-order chi connectivity index (χ0) is 16.5. The molecule has 0 atom stereocenters. The SMILES string of the molecule is CCCC[O-].CCCC[O-].CCCC[O-].CCCC[O-].[Co]. The van der Waals surface area contributed by atoms with Crippen molar-refractivity contribution in [2.75, 3.05) is 26.4 Å². The minimum Gasteiger partial charge on any atom is -0.854 e. The van der Waals surface area contributed by atoms with Crippen molar-refractivity contribution in [1.29, 1.82) is 0 Å². The first-order valence-corrected chi connectivity index (χ1v) is 7.98. The van der Waals surface area contributed by atoms with Crippen LogP contribution in [-0.2, 0) is 16.8 Å². The minimum absolute atomic E-state index is 0. The number of unbranched alkanes of at least 4 members (excludes halogenated alkanes) is 4. The van der Waals surface area contributed by atoms with E-state index >= 15 is 0 Å². The van der Waals surface area contributed by atoms with Crippen LogP contribution in [0.25, 0.3) is 0 Å². The molecule has 0 saturated carbocycles. The van der Waals surface area contributed by atoms with Crippen LogP contribution in [-0.4, -0.2) is 26.4 Å². The van der Waals surface area contributed by atoms with Crippen molar-refractivity contribution < 1.29 is 37.2 Å². The molecule has 0 amide bonds. The van der Waals surface area contributed by atoms with Crippen LogP contribution in [0.4, 0.5) is 0 Å². The van der Waals surface area contributed by atoms with Gasteiger partial charge < -0.3 is 20.4 Å². The van der Waals surface area contributed by atoms with Crippen molar-refractivity contribution in [2.45, 2.75) is 79.1 Å². The van der Waals surface area contributed by atoms with Gasteiger partial charge in [-0.3, -0.25) is 0 Å². The Morgan fingerprint density at radius 2 is 0.571 bits per heavy atom. The van der Waals surface area contributed by atoms with Gasteiger partial charge in [0.15, 0.2) is 0 Å². The van der Waals surface area contributed by atoms with E-state index in [1.165, 1.54) is 0 Å². The number of rotatable bonds is 8. The van der Waals surface area contributed by atoms with Crippen molar-refractivity contribution in [1.82, 2.24) is 0 Å². The molecule has 0 N–H and O–H groups in total. The first kappa shape index (κ1) is 33.1. The first-order valence-electron chi connectivity index (χ1n) is 7.98. The van der Waals surface area contributed by atoms with E-state index in [2.05, 4.69) is 0 Å². The molecule has 0 fully saturated rings. The van der Waals surface area contributed by atoms with Gasteiger partial charge in [-0.15, -0.1) is 26.4 Å². The Balaban J connectivity index is -0.0000000533. The molecule has 0 aromatic carbocycles. The first-order chi connectivity index (χ1) is 9.66. The predicted molar refractivity (Wildman–Crippen MR) is 79.1 cm³/mol. The average Bonchev–Trinajstić information content (AvgIpc) is 2.44. The molecule has 0 aromatic heterocycles. The molecule has 4 nitrogen and oxygen atoms in total. The van der Waals surface area contributed by atoms with Gasteiger partial charge in [-0.1, -0.05) is 79.1 Å². The van der Waals surface area contributed by atoms with E-state index in [-0.39, 0.29) is 43.2 Å². The van der Waals surface area contributed by atoms with Crippen molar-refractivity contribution in [3.63, 3.8) is 0 Å². The van der Waals surface area contributed by atoms with Crippen LogP contribution >= 0.6 is 0 Å². The summed E-state index contributed by atoms with van der Waals surface area (Å²) < 4.78 is 0. The molecule has 21 heavy (non-hydrogen) atoms. The van der Waals surface area contributed by atoms with Gasteiger partial charge in [-0.2, -0.15) is 0 Å². The van der Waals surface area contributed by atoms with Crippen LogP contribution in [0.15, 0.2) is 0 Å². The van der Waals surface area contributed by atoms with Crippen LogP contribution in [0.5, 0.6) is 0 Å². The molecule has 0 saturated heterocycles. The van der Waals surface area contributed by atoms with Crippen LogP contribution in [0, 0.1) is 0 Å². The van der Waals surface area contributed by atoms with E-state index in [1.807, 2.05) is 27.7 Å². The van der Waals surface area contributed by atoms with Crippen LogP contribution in [0.1, 0.15) is 79.1 Å². The van der Waals surface area contributed by atoms with E-state index in [9.17, 15) is 20.4 Å². The van der Waals surface area contributed by atoms with Crippen molar-refractivity contribution in [3.8, 4) is 0 Å². The van der Waals surface area contributed by atoms with Crippen LogP contribution in [0.3, 0.4) is 0 Å². The smallest absolute Gasteiger partial charge is 0 e. The van der Waals surface area contributed by atoms with E-state index < -0.39 is 0 Å². The summed E-state index contributed by atoms with van der Waals surface area (Å²) in [6.45, 7) is 8.42. The largest absolute Gasteiger partial charge is 0.854 e. The summed E-state index contributed by atoms with van der Waals surface area (Å²) in [6.07, 6.45) is 7.46. The monoisotopic (exact) mass is 351 g/mol. The van der Waals surface area contributed by atoms with Crippen LogP contribution < -0.4 is 20.4 Å². The van der Waals surface area contributed by atoms with Crippen molar-refractivity contribution in [2.24, 2.45) is 0 Å². The quantitative estimate of drug-likeness (QED) is 0.640. The Bertz CT molecular complexity index is 74.3.